The predicted octanol–water partition coefficient (Wildman–Crippen LogP) is 0.669. The van der Waals surface area contributed by atoms with Crippen LogP contribution in [0.4, 0.5) is 0 Å². The second-order valence-electron chi connectivity index (χ2n) is 4.51. The van der Waals surface area contributed by atoms with Gasteiger partial charge in [0.2, 0.25) is 0 Å². The summed E-state index contributed by atoms with van der Waals surface area (Å²) in [6.07, 6.45) is 0. The first-order valence-corrected chi connectivity index (χ1v) is 5.77. The lowest BCUT2D eigenvalue weighted by atomic mass is 9.08. The predicted molar refractivity (Wildman–Crippen MR) is 81.5 cm³/mol. The molecule has 0 atom stereocenters. The third-order valence-electron chi connectivity index (χ3n) is 1.60. The van der Waals surface area contributed by atoms with Crippen molar-refractivity contribution < 1.29 is 14.6 Å². The smallest absolute Gasteiger partial charge is 0.292 e. The Kier molecular flexibility index (Phi) is 9.31. The van der Waals surface area contributed by atoms with E-state index in [1.54, 1.807) is 31.3 Å². The average molecular weight is 248 g/mol. The number of hydrogen-bond donors (Lipinski definition) is 0. The lowest BCUT2D eigenvalue weighted by Gasteiger charge is -2.16. The van der Waals surface area contributed by atoms with E-state index in [0.29, 0.717) is 5.56 Å². The summed E-state index contributed by atoms with van der Waals surface area (Å²) in [5, 5.41) is 0. The van der Waals surface area contributed by atoms with Gasteiger partial charge in [-0.3, -0.25) is 4.89 Å². The molecule has 8 heteroatoms. The average Bonchev–Trinajstić information content (AvgIpc) is 2.38. The Hall–Kier alpha value is -1.03. The third-order valence-corrected chi connectivity index (χ3v) is 1.60. The van der Waals surface area contributed by atoms with Crippen LogP contribution >= 0.6 is 0 Å². The van der Waals surface area contributed by atoms with Crippen molar-refractivity contribution in [1.82, 2.24) is 0 Å². The third kappa shape index (κ3) is 10.6. The Morgan fingerprint density at radius 3 is 2.00 bits per heavy atom. The first kappa shape index (κ1) is 18.0. The van der Waals surface area contributed by atoms with Gasteiger partial charge in [-0.25, -0.2) is 4.79 Å². The van der Waals surface area contributed by atoms with Gasteiger partial charge in [0, 0.05) is 36.7 Å². The molecule has 1 aromatic rings. The Labute approximate surface area is 120 Å². The molecule has 0 saturated carbocycles. The molecule has 7 radical (unpaired) electrons. The summed E-state index contributed by atoms with van der Waals surface area (Å²) >= 11 is 0. The zero-order chi connectivity index (χ0) is 14.7. The maximum atomic E-state index is 11.3. The Balaban J connectivity index is 0.000000555. The summed E-state index contributed by atoms with van der Waals surface area (Å²) in [4.78, 5) is 20.9. The van der Waals surface area contributed by atoms with Crippen molar-refractivity contribution in [1.29, 1.82) is 0 Å². The van der Waals surface area contributed by atoms with E-state index >= 15 is 0 Å². The number of carbonyl (C=O) groups is 1. The van der Waals surface area contributed by atoms with Gasteiger partial charge in [-0.2, -0.15) is 4.89 Å². The highest BCUT2D eigenvalue weighted by atomic mass is 17.2. The number of benzene rings is 1. The van der Waals surface area contributed by atoms with E-state index in [2.05, 4.69) is 4.89 Å². The van der Waals surface area contributed by atoms with Crippen LogP contribution in [0.25, 0.3) is 0 Å². The maximum Gasteiger partial charge on any atom is 0.373 e. The van der Waals surface area contributed by atoms with Crippen molar-refractivity contribution in [3.63, 3.8) is 0 Å². The Bertz CT molecular complexity index is 351. The zero-order valence-corrected chi connectivity index (χ0v) is 11.5. The molecule has 0 aromatic heterocycles. The molecule has 0 saturated heterocycles. The minimum atomic E-state index is -0.482. The second-order valence-corrected chi connectivity index (χ2v) is 4.51. The SMILES string of the molecule is CC(C)(C)OOC(=O)c1ccccc1.[B][B][B][B][B]. The van der Waals surface area contributed by atoms with E-state index in [9.17, 15) is 4.79 Å². The monoisotopic (exact) mass is 249 g/mol. The number of carbonyl (C=O) groups excluding carboxylic acids is 1. The van der Waals surface area contributed by atoms with Gasteiger partial charge in [0.05, 0.1) is 5.56 Å². The van der Waals surface area contributed by atoms with Gasteiger partial charge < -0.3 is 0 Å². The highest BCUT2D eigenvalue weighted by molar-refractivity contribution is 7.49. The molecule has 0 amide bonds. The lowest BCUT2D eigenvalue weighted by Crippen LogP contribution is -2.21. The standard InChI is InChI=1S/C11H14O3.B5/c1-11(2,3)14-13-10(12)9-7-5-4-6-8-9;1-3-5-4-2/h4-8H,1-3H3;. The molecule has 0 unspecified atom stereocenters. The van der Waals surface area contributed by atoms with Crippen LogP contribution in [0.1, 0.15) is 31.1 Å². The van der Waals surface area contributed by atoms with Gasteiger partial charge in [0.1, 0.15) is 5.60 Å². The van der Waals surface area contributed by atoms with Gasteiger partial charge in [0.15, 0.2) is 0 Å². The van der Waals surface area contributed by atoms with Crippen molar-refractivity contribution in [2.45, 2.75) is 26.4 Å². The van der Waals surface area contributed by atoms with Crippen LogP contribution in [0.5, 0.6) is 0 Å². The van der Waals surface area contributed by atoms with Gasteiger partial charge in [0.25, 0.3) is 0 Å². The van der Waals surface area contributed by atoms with Gasteiger partial charge in [-0.05, 0) is 32.9 Å². The van der Waals surface area contributed by atoms with Crippen LogP contribution in [0.3, 0.4) is 0 Å². The Morgan fingerprint density at radius 2 is 1.63 bits per heavy atom. The molecule has 0 N–H and O–H groups in total. The van der Waals surface area contributed by atoms with Gasteiger partial charge in [-0.1, -0.05) is 18.2 Å². The molecule has 0 aliphatic rings. The van der Waals surface area contributed by atoms with E-state index in [-0.39, 0.29) is 0 Å². The van der Waals surface area contributed by atoms with Crippen molar-refractivity contribution in [2.75, 3.05) is 0 Å². The molecular weight excluding hydrogens is 234 g/mol. The summed E-state index contributed by atoms with van der Waals surface area (Å²) in [7, 11) is 14.0. The van der Waals surface area contributed by atoms with E-state index in [1.165, 1.54) is 14.1 Å². The fourth-order valence-electron chi connectivity index (χ4n) is 0.849. The molecule has 0 bridgehead atoms. The van der Waals surface area contributed by atoms with Crippen LogP contribution in [0.2, 0.25) is 0 Å². The quantitative estimate of drug-likeness (QED) is 0.446. The van der Waals surface area contributed by atoms with Crippen LogP contribution < -0.4 is 0 Å². The molecule has 1 rings (SSSR count). The van der Waals surface area contributed by atoms with Crippen molar-refractivity contribution in [3.05, 3.63) is 35.9 Å². The molecule has 91 valence electrons. The topological polar surface area (TPSA) is 35.5 Å². The van der Waals surface area contributed by atoms with Crippen molar-refractivity contribution in [3.8, 4) is 0 Å². The molecule has 1 aromatic carbocycles. The molecule has 19 heavy (non-hydrogen) atoms. The fraction of sp³-hybridized carbons (Fsp3) is 0.364. The van der Waals surface area contributed by atoms with E-state index < -0.39 is 11.6 Å². The maximum absolute atomic E-state index is 11.3. The summed E-state index contributed by atoms with van der Waals surface area (Å²) in [6, 6.07) is 8.73. The van der Waals surface area contributed by atoms with Crippen molar-refractivity contribution >= 4 is 42.6 Å². The van der Waals surface area contributed by atoms with Gasteiger partial charge >= 0.3 is 5.97 Å². The largest absolute Gasteiger partial charge is 0.373 e. The molecule has 0 fully saturated rings. The second kappa shape index (κ2) is 9.85. The highest BCUT2D eigenvalue weighted by Gasteiger charge is 2.15. The Morgan fingerprint density at radius 1 is 1.11 bits per heavy atom. The molecule has 0 heterocycles. The molecule has 0 spiro atoms. The van der Waals surface area contributed by atoms with Crippen LogP contribution in [0.15, 0.2) is 30.3 Å². The van der Waals surface area contributed by atoms with Crippen LogP contribution in [-0.4, -0.2) is 48.2 Å². The summed E-state index contributed by atoms with van der Waals surface area (Å²) < 4.78 is 0. The first-order chi connectivity index (χ1) is 8.90. The fourth-order valence-corrected chi connectivity index (χ4v) is 0.849. The summed E-state index contributed by atoms with van der Waals surface area (Å²) in [6.45, 7) is 5.43. The molecule has 3 nitrogen and oxygen atoms in total. The first-order valence-electron chi connectivity index (χ1n) is 5.77. The lowest BCUT2D eigenvalue weighted by molar-refractivity contribution is -0.301. The minimum absolute atomic E-state index is 0.472. The zero-order valence-electron chi connectivity index (χ0n) is 11.5. The summed E-state index contributed by atoms with van der Waals surface area (Å²) in [5.74, 6) is -0.472. The molecule has 0 aliphatic heterocycles. The van der Waals surface area contributed by atoms with Crippen molar-refractivity contribution in [2.24, 2.45) is 0 Å². The number of rotatable bonds is 4. The highest BCUT2D eigenvalue weighted by Crippen LogP contribution is 2.09. The molecular formula is C11H14B5O3. The number of hydrogen-bond acceptors (Lipinski definition) is 3. The van der Waals surface area contributed by atoms with Gasteiger partial charge in [-0.15, -0.1) is 0 Å². The minimum Gasteiger partial charge on any atom is -0.292 e. The van der Waals surface area contributed by atoms with E-state index in [4.69, 9.17) is 20.4 Å². The van der Waals surface area contributed by atoms with Crippen LogP contribution in [-0.2, 0) is 9.78 Å². The molecule has 0 aliphatic carbocycles. The summed E-state index contributed by atoms with van der Waals surface area (Å²) in [5.41, 5.74) is 0.00140. The van der Waals surface area contributed by atoms with E-state index in [0.717, 1.165) is 0 Å². The normalized spacial score (nSPS) is 9.63. The van der Waals surface area contributed by atoms with Crippen LogP contribution in [0, 0.1) is 0 Å². The van der Waals surface area contributed by atoms with E-state index in [1.807, 2.05) is 26.8 Å².